The molecule has 0 bridgehead atoms. The summed E-state index contributed by atoms with van der Waals surface area (Å²) in [4.78, 5) is 0. The van der Waals surface area contributed by atoms with Gasteiger partial charge in [0.25, 0.3) is 0 Å². The quantitative estimate of drug-likeness (QED) is 0.896. The van der Waals surface area contributed by atoms with Crippen LogP contribution in [0, 0.1) is 11.3 Å². The lowest BCUT2D eigenvalue weighted by atomic mass is 10.1. The summed E-state index contributed by atoms with van der Waals surface area (Å²) in [5.41, 5.74) is 0.983. The zero-order chi connectivity index (χ0) is 12.9. The molecular formula is C13H17ClN2O. The Morgan fingerprint density at radius 3 is 2.71 bits per heavy atom. The van der Waals surface area contributed by atoms with Crippen LogP contribution in [0.5, 0.6) is 5.75 Å². The first-order valence-corrected chi connectivity index (χ1v) is 5.84. The van der Waals surface area contributed by atoms with Crippen LogP contribution in [0.2, 0.25) is 5.02 Å². The average Bonchev–Trinajstić information content (AvgIpc) is 2.24. The summed E-state index contributed by atoms with van der Waals surface area (Å²) >= 11 is 6.05. The fraction of sp³-hybridized carbons (Fsp3) is 0.462. The van der Waals surface area contributed by atoms with Crippen LogP contribution in [0.3, 0.4) is 0 Å². The first-order valence-electron chi connectivity index (χ1n) is 5.46. The molecule has 1 rings (SSSR count). The SMILES string of the molecule is CC(C)(C)NCc1cccc(Cl)c1OCC#N. The van der Waals surface area contributed by atoms with Crippen LogP contribution in [0.4, 0.5) is 0 Å². The van der Waals surface area contributed by atoms with Crippen LogP contribution in [0.1, 0.15) is 26.3 Å². The molecule has 0 aliphatic carbocycles. The largest absolute Gasteiger partial charge is 0.477 e. The third kappa shape index (κ3) is 4.64. The van der Waals surface area contributed by atoms with Gasteiger partial charge in [-0.1, -0.05) is 23.7 Å². The third-order valence-electron chi connectivity index (χ3n) is 2.14. The van der Waals surface area contributed by atoms with Crippen molar-refractivity contribution < 1.29 is 4.74 Å². The first kappa shape index (κ1) is 13.8. The van der Waals surface area contributed by atoms with Crippen molar-refractivity contribution in [1.29, 1.82) is 5.26 Å². The molecule has 0 spiro atoms. The molecule has 0 fully saturated rings. The van der Waals surface area contributed by atoms with Crippen molar-refractivity contribution in [1.82, 2.24) is 5.32 Å². The molecule has 1 aromatic carbocycles. The van der Waals surface area contributed by atoms with Crippen LogP contribution >= 0.6 is 11.6 Å². The van der Waals surface area contributed by atoms with Gasteiger partial charge in [0, 0.05) is 17.6 Å². The van der Waals surface area contributed by atoms with Gasteiger partial charge in [0.15, 0.2) is 6.61 Å². The standard InChI is InChI=1S/C13H17ClN2O/c1-13(2,3)16-9-10-5-4-6-11(14)12(10)17-8-7-15/h4-6,16H,8-9H2,1-3H3. The number of rotatable bonds is 4. The van der Waals surface area contributed by atoms with E-state index in [4.69, 9.17) is 21.6 Å². The molecule has 0 saturated carbocycles. The zero-order valence-electron chi connectivity index (χ0n) is 10.4. The van der Waals surface area contributed by atoms with Gasteiger partial charge in [-0.15, -0.1) is 0 Å². The zero-order valence-corrected chi connectivity index (χ0v) is 11.1. The van der Waals surface area contributed by atoms with Crippen molar-refractivity contribution in [3.05, 3.63) is 28.8 Å². The van der Waals surface area contributed by atoms with Crippen molar-refractivity contribution in [2.24, 2.45) is 0 Å². The highest BCUT2D eigenvalue weighted by molar-refractivity contribution is 6.32. The highest BCUT2D eigenvalue weighted by Crippen LogP contribution is 2.28. The Balaban J connectivity index is 2.83. The van der Waals surface area contributed by atoms with E-state index >= 15 is 0 Å². The average molecular weight is 253 g/mol. The van der Waals surface area contributed by atoms with Crippen LogP contribution < -0.4 is 10.1 Å². The van der Waals surface area contributed by atoms with E-state index < -0.39 is 0 Å². The molecule has 0 aliphatic heterocycles. The maximum Gasteiger partial charge on any atom is 0.174 e. The molecule has 0 radical (unpaired) electrons. The van der Waals surface area contributed by atoms with Crippen LogP contribution in [-0.2, 0) is 6.54 Å². The van der Waals surface area contributed by atoms with E-state index in [0.29, 0.717) is 17.3 Å². The lowest BCUT2D eigenvalue weighted by molar-refractivity contribution is 0.357. The summed E-state index contributed by atoms with van der Waals surface area (Å²) in [6, 6.07) is 7.52. The number of hydrogen-bond donors (Lipinski definition) is 1. The van der Waals surface area contributed by atoms with Gasteiger partial charge >= 0.3 is 0 Å². The van der Waals surface area contributed by atoms with Crippen molar-refractivity contribution >= 4 is 11.6 Å². The summed E-state index contributed by atoms with van der Waals surface area (Å²) in [5, 5.41) is 12.4. The van der Waals surface area contributed by atoms with Gasteiger partial charge in [0.1, 0.15) is 11.8 Å². The number of benzene rings is 1. The minimum atomic E-state index is 0.00620. The minimum Gasteiger partial charge on any atom is -0.477 e. The summed E-state index contributed by atoms with van der Waals surface area (Å²) in [6.07, 6.45) is 0. The van der Waals surface area contributed by atoms with Gasteiger partial charge in [0.05, 0.1) is 5.02 Å². The van der Waals surface area contributed by atoms with Crippen molar-refractivity contribution in [2.45, 2.75) is 32.9 Å². The van der Waals surface area contributed by atoms with E-state index in [0.717, 1.165) is 5.56 Å². The van der Waals surface area contributed by atoms with Crippen molar-refractivity contribution in [3.63, 3.8) is 0 Å². The molecule has 0 heterocycles. The molecule has 0 amide bonds. The summed E-state index contributed by atoms with van der Waals surface area (Å²) in [5.74, 6) is 0.590. The van der Waals surface area contributed by atoms with Crippen molar-refractivity contribution in [2.75, 3.05) is 6.61 Å². The number of hydrogen-bond acceptors (Lipinski definition) is 3. The third-order valence-corrected chi connectivity index (χ3v) is 2.44. The maximum atomic E-state index is 8.53. The Morgan fingerprint density at radius 1 is 1.41 bits per heavy atom. The Bertz CT molecular complexity index is 418. The smallest absolute Gasteiger partial charge is 0.174 e. The van der Waals surface area contributed by atoms with E-state index in [1.54, 1.807) is 6.07 Å². The van der Waals surface area contributed by atoms with E-state index in [2.05, 4.69) is 26.1 Å². The van der Waals surface area contributed by atoms with Crippen molar-refractivity contribution in [3.8, 4) is 11.8 Å². The molecule has 3 nitrogen and oxygen atoms in total. The number of para-hydroxylation sites is 1. The number of halogens is 1. The predicted octanol–water partition coefficient (Wildman–Crippen LogP) is 3.13. The van der Waals surface area contributed by atoms with E-state index in [9.17, 15) is 0 Å². The monoisotopic (exact) mass is 252 g/mol. The van der Waals surface area contributed by atoms with Gasteiger partial charge in [-0.25, -0.2) is 0 Å². The highest BCUT2D eigenvalue weighted by Gasteiger charge is 2.12. The Morgan fingerprint density at radius 2 is 2.12 bits per heavy atom. The fourth-order valence-corrected chi connectivity index (χ4v) is 1.57. The Labute approximate surface area is 107 Å². The predicted molar refractivity (Wildman–Crippen MR) is 69.2 cm³/mol. The molecule has 17 heavy (non-hydrogen) atoms. The molecule has 0 atom stereocenters. The molecule has 0 aromatic heterocycles. The first-order chi connectivity index (χ1) is 7.94. The topological polar surface area (TPSA) is 45.0 Å². The van der Waals surface area contributed by atoms with Gasteiger partial charge in [-0.3, -0.25) is 0 Å². The molecule has 92 valence electrons. The number of ether oxygens (including phenoxy) is 1. The Kier molecular flexibility index (Phi) is 4.80. The van der Waals surface area contributed by atoms with E-state index in [1.807, 2.05) is 18.2 Å². The van der Waals surface area contributed by atoms with Crippen LogP contribution in [0.15, 0.2) is 18.2 Å². The molecule has 0 unspecified atom stereocenters. The van der Waals surface area contributed by atoms with Gasteiger partial charge in [0.2, 0.25) is 0 Å². The van der Waals surface area contributed by atoms with Gasteiger partial charge < -0.3 is 10.1 Å². The van der Waals surface area contributed by atoms with Gasteiger partial charge in [-0.05, 0) is 26.8 Å². The minimum absolute atomic E-state index is 0.00620. The van der Waals surface area contributed by atoms with E-state index in [1.165, 1.54) is 0 Å². The van der Waals surface area contributed by atoms with Crippen LogP contribution in [0.25, 0.3) is 0 Å². The summed E-state index contributed by atoms with van der Waals surface area (Å²) in [7, 11) is 0. The number of nitriles is 1. The molecule has 1 N–H and O–H groups in total. The van der Waals surface area contributed by atoms with Crippen LogP contribution in [-0.4, -0.2) is 12.1 Å². The summed E-state index contributed by atoms with van der Waals surface area (Å²) < 4.78 is 5.35. The second kappa shape index (κ2) is 5.90. The maximum absolute atomic E-state index is 8.53. The second-order valence-electron chi connectivity index (χ2n) is 4.78. The second-order valence-corrected chi connectivity index (χ2v) is 5.19. The molecule has 0 aliphatic rings. The van der Waals surface area contributed by atoms with E-state index in [-0.39, 0.29) is 12.1 Å². The lowest BCUT2D eigenvalue weighted by Crippen LogP contribution is -2.35. The lowest BCUT2D eigenvalue weighted by Gasteiger charge is -2.21. The highest BCUT2D eigenvalue weighted by atomic mass is 35.5. The fourth-order valence-electron chi connectivity index (χ4n) is 1.32. The molecular weight excluding hydrogens is 236 g/mol. The molecule has 4 heteroatoms. The summed E-state index contributed by atoms with van der Waals surface area (Å²) in [6.45, 7) is 6.94. The Hall–Kier alpha value is -1.24. The van der Waals surface area contributed by atoms with Gasteiger partial charge in [-0.2, -0.15) is 5.26 Å². The molecule has 1 aromatic rings. The number of nitrogens with zero attached hydrogens (tertiary/aromatic N) is 1. The normalized spacial score (nSPS) is 11.0. The number of nitrogens with one attached hydrogen (secondary N) is 1. The molecule has 0 saturated heterocycles.